The molecule has 1 aromatic rings. The lowest BCUT2D eigenvalue weighted by Crippen LogP contribution is -2.46. The Morgan fingerprint density at radius 1 is 1.22 bits per heavy atom. The first-order chi connectivity index (χ1) is 12.6. The summed E-state index contributed by atoms with van der Waals surface area (Å²) < 4.78 is 11.9. The van der Waals surface area contributed by atoms with Gasteiger partial charge in [-0.1, -0.05) is 30.3 Å². The summed E-state index contributed by atoms with van der Waals surface area (Å²) in [6, 6.07) is 10.6. The van der Waals surface area contributed by atoms with Crippen LogP contribution in [0.15, 0.2) is 30.3 Å². The molecular weight excluding hydrogens is 364 g/mol. The van der Waals surface area contributed by atoms with Crippen molar-refractivity contribution in [3.63, 3.8) is 0 Å². The fraction of sp³-hybridized carbons (Fsp3) is 0.667. The Labute approximate surface area is 169 Å². The second-order valence-corrected chi connectivity index (χ2v) is 7.65. The third-order valence-electron chi connectivity index (χ3n) is 5.45. The van der Waals surface area contributed by atoms with E-state index >= 15 is 0 Å². The number of hydrogen-bond acceptors (Lipinski definition) is 4. The highest BCUT2D eigenvalue weighted by Crippen LogP contribution is 2.27. The summed E-state index contributed by atoms with van der Waals surface area (Å²) in [7, 11) is 0. The Kier molecular flexibility index (Phi) is 9.03. The lowest BCUT2D eigenvalue weighted by molar-refractivity contribution is -0.129. The van der Waals surface area contributed by atoms with Gasteiger partial charge in [-0.25, -0.2) is 0 Å². The van der Waals surface area contributed by atoms with Gasteiger partial charge < -0.3 is 20.1 Å². The van der Waals surface area contributed by atoms with Crippen molar-refractivity contribution in [2.45, 2.75) is 63.8 Å². The van der Waals surface area contributed by atoms with Crippen molar-refractivity contribution in [1.82, 2.24) is 10.6 Å². The van der Waals surface area contributed by atoms with Crippen molar-refractivity contribution in [3.8, 4) is 0 Å². The zero-order valence-electron chi connectivity index (χ0n) is 16.4. The Hall–Kier alpha value is -1.14. The SMILES string of the molecule is CC(NC(=O)[C@H]1CCN[C@@H](C)C1)C(OC1CCOCC1)c1ccccc1.Cl. The van der Waals surface area contributed by atoms with Crippen LogP contribution >= 0.6 is 12.4 Å². The quantitative estimate of drug-likeness (QED) is 0.775. The van der Waals surface area contributed by atoms with Gasteiger partial charge >= 0.3 is 0 Å². The molecule has 2 unspecified atom stereocenters. The molecule has 0 bridgehead atoms. The van der Waals surface area contributed by atoms with Crippen LogP contribution in [-0.2, 0) is 14.3 Å². The summed E-state index contributed by atoms with van der Waals surface area (Å²) in [4.78, 5) is 12.8. The predicted molar refractivity (Wildman–Crippen MR) is 109 cm³/mol. The fourth-order valence-corrected chi connectivity index (χ4v) is 3.94. The van der Waals surface area contributed by atoms with Crippen LogP contribution in [0.3, 0.4) is 0 Å². The molecule has 5 nitrogen and oxygen atoms in total. The summed E-state index contributed by atoms with van der Waals surface area (Å²) in [5.74, 6) is 0.246. The fourth-order valence-electron chi connectivity index (χ4n) is 3.94. The Bertz CT molecular complexity index is 566. The molecule has 152 valence electrons. The zero-order chi connectivity index (χ0) is 18.4. The number of nitrogens with one attached hydrogen (secondary N) is 2. The van der Waals surface area contributed by atoms with E-state index in [-0.39, 0.29) is 42.5 Å². The summed E-state index contributed by atoms with van der Waals surface area (Å²) in [6.45, 7) is 6.61. The summed E-state index contributed by atoms with van der Waals surface area (Å²) in [5, 5.41) is 6.64. The molecule has 6 heteroatoms. The molecule has 2 saturated heterocycles. The third-order valence-corrected chi connectivity index (χ3v) is 5.45. The molecule has 2 N–H and O–H groups in total. The zero-order valence-corrected chi connectivity index (χ0v) is 17.2. The molecule has 0 aliphatic carbocycles. The second-order valence-electron chi connectivity index (χ2n) is 7.65. The van der Waals surface area contributed by atoms with Gasteiger partial charge in [0.15, 0.2) is 0 Å². The van der Waals surface area contributed by atoms with E-state index < -0.39 is 0 Å². The number of halogens is 1. The third kappa shape index (κ3) is 6.46. The highest BCUT2D eigenvalue weighted by molar-refractivity contribution is 5.85. The molecule has 2 aliphatic rings. The average Bonchev–Trinajstić information content (AvgIpc) is 2.67. The van der Waals surface area contributed by atoms with Crippen LogP contribution in [0.25, 0.3) is 0 Å². The maximum absolute atomic E-state index is 12.8. The summed E-state index contributed by atoms with van der Waals surface area (Å²) >= 11 is 0. The molecule has 2 heterocycles. The molecule has 27 heavy (non-hydrogen) atoms. The molecule has 4 atom stereocenters. The van der Waals surface area contributed by atoms with Gasteiger partial charge in [0.25, 0.3) is 0 Å². The van der Waals surface area contributed by atoms with Crippen LogP contribution in [0.2, 0.25) is 0 Å². The van der Waals surface area contributed by atoms with Gasteiger partial charge in [0.05, 0.1) is 12.1 Å². The molecule has 2 fully saturated rings. The minimum atomic E-state index is -0.137. The Balaban J connectivity index is 0.00000261. The number of rotatable bonds is 6. The maximum atomic E-state index is 12.8. The van der Waals surface area contributed by atoms with E-state index in [4.69, 9.17) is 9.47 Å². The van der Waals surface area contributed by atoms with E-state index in [1.807, 2.05) is 18.2 Å². The highest BCUT2D eigenvalue weighted by atomic mass is 35.5. The highest BCUT2D eigenvalue weighted by Gasteiger charge is 2.30. The topological polar surface area (TPSA) is 59.6 Å². The van der Waals surface area contributed by atoms with Gasteiger partial charge in [0, 0.05) is 25.2 Å². The van der Waals surface area contributed by atoms with Crippen molar-refractivity contribution in [1.29, 1.82) is 0 Å². The van der Waals surface area contributed by atoms with E-state index in [2.05, 4.69) is 36.6 Å². The molecule has 0 saturated carbocycles. The first kappa shape index (κ1) is 22.2. The van der Waals surface area contributed by atoms with E-state index in [1.54, 1.807) is 0 Å². The largest absolute Gasteiger partial charge is 0.381 e. The van der Waals surface area contributed by atoms with Crippen LogP contribution in [0, 0.1) is 5.92 Å². The Morgan fingerprint density at radius 3 is 2.59 bits per heavy atom. The van der Waals surface area contributed by atoms with Gasteiger partial charge in [-0.15, -0.1) is 12.4 Å². The Morgan fingerprint density at radius 2 is 1.93 bits per heavy atom. The van der Waals surface area contributed by atoms with Crippen LogP contribution in [0.4, 0.5) is 0 Å². The smallest absolute Gasteiger partial charge is 0.223 e. The normalized spacial score (nSPS) is 25.9. The molecule has 1 aromatic carbocycles. The summed E-state index contributed by atoms with van der Waals surface area (Å²) in [5.41, 5.74) is 1.12. The van der Waals surface area contributed by atoms with Gasteiger partial charge in [-0.05, 0) is 51.6 Å². The van der Waals surface area contributed by atoms with Crippen LogP contribution in [-0.4, -0.2) is 43.9 Å². The minimum absolute atomic E-state index is 0. The van der Waals surface area contributed by atoms with E-state index in [0.29, 0.717) is 6.04 Å². The standard InChI is InChI=1S/C21H32N2O3.ClH/c1-15-14-18(8-11-22-15)21(24)23-16(2)20(17-6-4-3-5-7-17)26-19-9-12-25-13-10-19;/h3-7,15-16,18-20,22H,8-14H2,1-2H3,(H,23,24);1H/t15-,16?,18-,20?;/m0./s1. The van der Waals surface area contributed by atoms with Crippen molar-refractivity contribution < 1.29 is 14.3 Å². The summed E-state index contributed by atoms with van der Waals surface area (Å²) in [6.07, 6.45) is 3.68. The first-order valence-corrected chi connectivity index (χ1v) is 9.95. The van der Waals surface area contributed by atoms with Crippen LogP contribution in [0.1, 0.15) is 51.2 Å². The van der Waals surface area contributed by atoms with Gasteiger partial charge in [0.2, 0.25) is 5.91 Å². The van der Waals surface area contributed by atoms with Crippen molar-refractivity contribution in [2.24, 2.45) is 5.92 Å². The molecule has 0 aromatic heterocycles. The number of carbonyl (C=O) groups is 1. The average molecular weight is 397 g/mol. The number of ether oxygens (including phenoxy) is 2. The van der Waals surface area contributed by atoms with Crippen LogP contribution < -0.4 is 10.6 Å². The van der Waals surface area contributed by atoms with E-state index in [9.17, 15) is 4.79 Å². The van der Waals surface area contributed by atoms with Gasteiger partial charge in [-0.3, -0.25) is 4.79 Å². The monoisotopic (exact) mass is 396 g/mol. The lowest BCUT2D eigenvalue weighted by Gasteiger charge is -2.33. The van der Waals surface area contributed by atoms with Crippen molar-refractivity contribution in [3.05, 3.63) is 35.9 Å². The molecular formula is C21H33ClN2O3. The van der Waals surface area contributed by atoms with Gasteiger partial charge in [-0.2, -0.15) is 0 Å². The molecule has 3 rings (SSSR count). The molecule has 1 amide bonds. The van der Waals surface area contributed by atoms with Crippen molar-refractivity contribution in [2.75, 3.05) is 19.8 Å². The number of carbonyl (C=O) groups excluding carboxylic acids is 1. The van der Waals surface area contributed by atoms with E-state index in [1.165, 1.54) is 0 Å². The number of hydrogen-bond donors (Lipinski definition) is 2. The van der Waals surface area contributed by atoms with Crippen molar-refractivity contribution >= 4 is 18.3 Å². The van der Waals surface area contributed by atoms with E-state index in [0.717, 1.165) is 51.0 Å². The number of piperidine rings is 1. The lowest BCUT2D eigenvalue weighted by atomic mass is 9.92. The maximum Gasteiger partial charge on any atom is 0.223 e. The minimum Gasteiger partial charge on any atom is -0.381 e. The number of amides is 1. The van der Waals surface area contributed by atoms with Gasteiger partial charge in [0.1, 0.15) is 6.10 Å². The first-order valence-electron chi connectivity index (χ1n) is 9.95. The van der Waals surface area contributed by atoms with Crippen LogP contribution in [0.5, 0.6) is 0 Å². The number of benzene rings is 1. The molecule has 0 spiro atoms. The second kappa shape index (κ2) is 11.0. The molecule has 2 aliphatic heterocycles. The predicted octanol–water partition coefficient (Wildman–Crippen LogP) is 3.24. The molecule has 0 radical (unpaired) electrons.